The fourth-order valence-corrected chi connectivity index (χ4v) is 7.47. The molecule has 0 aromatic heterocycles. The van der Waals surface area contributed by atoms with E-state index in [4.69, 9.17) is 37.9 Å². The first-order valence-corrected chi connectivity index (χ1v) is 24.2. The SMILES string of the molecule is C=CC(=O)OCCCCCCCCCCOc1ccc(-c2ccc(C(=O)OC3OCCOC3OC(=O)c3ccc(-c4ccc(OCCCCCCCCCCOC(=O)C=C)cc4)cc3)cc2)cc1. The van der Waals surface area contributed by atoms with Gasteiger partial charge in [0.1, 0.15) is 11.5 Å². The predicted octanol–water partition coefficient (Wildman–Crippen LogP) is 12.2. The Hall–Kier alpha value is -6.24. The van der Waals surface area contributed by atoms with Crippen molar-refractivity contribution in [2.45, 2.75) is 115 Å². The molecule has 4 aromatic carbocycles. The number of carbonyl (C=O) groups is 4. The highest BCUT2D eigenvalue weighted by Crippen LogP contribution is 2.26. The van der Waals surface area contributed by atoms with Gasteiger partial charge in [-0.05, 0) is 96.5 Å². The van der Waals surface area contributed by atoms with Gasteiger partial charge in [0.2, 0.25) is 0 Å². The minimum atomic E-state index is -1.24. The highest BCUT2D eigenvalue weighted by Gasteiger charge is 2.34. The molecule has 1 saturated heterocycles. The summed E-state index contributed by atoms with van der Waals surface area (Å²) in [7, 11) is 0. The molecular weight excluding hydrogens is 865 g/mol. The maximum atomic E-state index is 13.2. The number of benzene rings is 4. The standard InChI is InChI=1S/C56H68O12/c1-3-51(57)63-39-19-15-11-7-5-9-13-17-37-61-49-33-29-45(30-34-49)43-21-25-47(26-22-43)53(59)67-55-56(66-42-41-65-55)68-54(60)48-27-23-44(24-28-48)46-31-35-50(36-32-46)62-38-18-14-10-6-8-12-16-20-40-64-52(58)4-2/h3-4,21-36,55-56H,1-2,5-20,37-42H2. The van der Waals surface area contributed by atoms with Crippen LogP contribution in [0.3, 0.4) is 0 Å². The third-order valence-electron chi connectivity index (χ3n) is 11.4. The molecule has 5 rings (SSSR count). The molecule has 68 heavy (non-hydrogen) atoms. The number of unbranched alkanes of at least 4 members (excludes halogenated alkanes) is 14. The van der Waals surface area contributed by atoms with Crippen molar-refractivity contribution in [3.63, 3.8) is 0 Å². The number of esters is 4. The van der Waals surface area contributed by atoms with Crippen molar-refractivity contribution < 1.29 is 57.1 Å². The number of hydrogen-bond donors (Lipinski definition) is 0. The van der Waals surface area contributed by atoms with Crippen molar-refractivity contribution in [3.8, 4) is 33.8 Å². The molecular formula is C56H68O12. The third kappa shape index (κ3) is 19.5. The van der Waals surface area contributed by atoms with Crippen LogP contribution in [0.4, 0.5) is 0 Å². The second-order valence-electron chi connectivity index (χ2n) is 16.6. The molecule has 1 fully saturated rings. The molecule has 1 heterocycles. The molecule has 0 saturated carbocycles. The van der Waals surface area contributed by atoms with E-state index in [0.29, 0.717) is 37.6 Å². The normalized spacial score (nSPS) is 14.3. The van der Waals surface area contributed by atoms with E-state index in [1.807, 2.05) is 72.8 Å². The average Bonchev–Trinajstić information content (AvgIpc) is 3.37. The lowest BCUT2D eigenvalue weighted by Gasteiger charge is -2.30. The summed E-state index contributed by atoms with van der Waals surface area (Å²) in [5, 5.41) is 0. The smallest absolute Gasteiger partial charge is 0.340 e. The van der Waals surface area contributed by atoms with Gasteiger partial charge in [-0.1, -0.05) is 139 Å². The van der Waals surface area contributed by atoms with E-state index in [-0.39, 0.29) is 25.2 Å². The quantitative estimate of drug-likeness (QED) is 0.0199. The lowest BCUT2D eigenvalue weighted by Crippen LogP contribution is -2.44. The molecule has 1 aliphatic rings. The van der Waals surface area contributed by atoms with E-state index in [1.54, 1.807) is 24.3 Å². The van der Waals surface area contributed by atoms with Crippen LogP contribution in [0.5, 0.6) is 11.5 Å². The van der Waals surface area contributed by atoms with Gasteiger partial charge in [0.25, 0.3) is 12.6 Å². The molecule has 364 valence electrons. The van der Waals surface area contributed by atoms with Gasteiger partial charge in [0.05, 0.1) is 50.8 Å². The van der Waals surface area contributed by atoms with Crippen LogP contribution in [0.25, 0.3) is 22.3 Å². The van der Waals surface area contributed by atoms with Crippen molar-refractivity contribution in [1.82, 2.24) is 0 Å². The van der Waals surface area contributed by atoms with Crippen LogP contribution >= 0.6 is 0 Å². The summed E-state index contributed by atoms with van der Waals surface area (Å²) in [6, 6.07) is 29.8. The highest BCUT2D eigenvalue weighted by molar-refractivity contribution is 5.91. The molecule has 12 nitrogen and oxygen atoms in total. The maximum Gasteiger partial charge on any atom is 0.340 e. The Morgan fingerprint density at radius 2 is 0.691 bits per heavy atom. The highest BCUT2D eigenvalue weighted by atomic mass is 16.8. The summed E-state index contributed by atoms with van der Waals surface area (Å²) in [5.74, 6) is -0.373. The first-order valence-electron chi connectivity index (χ1n) is 24.2. The fourth-order valence-electron chi connectivity index (χ4n) is 7.47. The van der Waals surface area contributed by atoms with E-state index < -0.39 is 24.5 Å². The van der Waals surface area contributed by atoms with Gasteiger partial charge in [0, 0.05) is 12.2 Å². The monoisotopic (exact) mass is 932 g/mol. The molecule has 0 N–H and O–H groups in total. The number of rotatable bonds is 32. The lowest BCUT2D eigenvalue weighted by atomic mass is 10.0. The Kier molecular flexibility index (Phi) is 24.0. The molecule has 0 radical (unpaired) electrons. The molecule has 0 spiro atoms. The van der Waals surface area contributed by atoms with Crippen LogP contribution in [-0.2, 0) is 38.0 Å². The summed E-state index contributed by atoms with van der Waals surface area (Å²) >= 11 is 0. The number of carbonyl (C=O) groups excluding carboxylic acids is 4. The minimum Gasteiger partial charge on any atom is -0.494 e. The predicted molar refractivity (Wildman–Crippen MR) is 261 cm³/mol. The molecule has 0 aliphatic carbocycles. The Labute approximate surface area is 401 Å². The molecule has 4 aromatic rings. The fraction of sp³-hybridized carbons (Fsp3) is 0.429. The first kappa shape index (κ1) is 52.7. The van der Waals surface area contributed by atoms with Gasteiger partial charge < -0.3 is 37.9 Å². The van der Waals surface area contributed by atoms with Crippen LogP contribution in [0, 0.1) is 0 Å². The minimum absolute atomic E-state index is 0.171. The van der Waals surface area contributed by atoms with Crippen molar-refractivity contribution in [2.24, 2.45) is 0 Å². The second kappa shape index (κ2) is 30.9. The van der Waals surface area contributed by atoms with Crippen LogP contribution in [-0.4, -0.2) is 76.1 Å². The van der Waals surface area contributed by atoms with E-state index in [2.05, 4.69) is 13.2 Å². The van der Waals surface area contributed by atoms with Crippen LogP contribution < -0.4 is 9.47 Å². The summed E-state index contributed by atoms with van der Waals surface area (Å²) in [4.78, 5) is 48.5. The van der Waals surface area contributed by atoms with Gasteiger partial charge in [-0.25, -0.2) is 19.2 Å². The Bertz CT molecular complexity index is 1960. The zero-order chi connectivity index (χ0) is 48.0. The van der Waals surface area contributed by atoms with Gasteiger partial charge in [-0.15, -0.1) is 0 Å². The largest absolute Gasteiger partial charge is 0.494 e. The van der Waals surface area contributed by atoms with Crippen LogP contribution in [0.1, 0.15) is 123 Å². The van der Waals surface area contributed by atoms with Crippen LogP contribution in [0.2, 0.25) is 0 Å². The third-order valence-corrected chi connectivity index (χ3v) is 11.4. The summed E-state index contributed by atoms with van der Waals surface area (Å²) in [5.41, 5.74) is 4.42. The van der Waals surface area contributed by atoms with Gasteiger partial charge >= 0.3 is 23.9 Å². The van der Waals surface area contributed by atoms with Gasteiger partial charge in [-0.3, -0.25) is 0 Å². The zero-order valence-electron chi connectivity index (χ0n) is 39.4. The van der Waals surface area contributed by atoms with Gasteiger partial charge in [-0.2, -0.15) is 0 Å². The second-order valence-corrected chi connectivity index (χ2v) is 16.6. The van der Waals surface area contributed by atoms with E-state index >= 15 is 0 Å². The Morgan fingerprint density at radius 3 is 1.00 bits per heavy atom. The Morgan fingerprint density at radius 1 is 0.412 bits per heavy atom. The lowest BCUT2D eigenvalue weighted by molar-refractivity contribution is -0.288. The average molecular weight is 933 g/mol. The Balaban J connectivity index is 0.955. The molecule has 0 amide bonds. The van der Waals surface area contributed by atoms with Gasteiger partial charge in [0.15, 0.2) is 0 Å². The molecule has 2 atom stereocenters. The molecule has 12 heteroatoms. The van der Waals surface area contributed by atoms with Crippen molar-refractivity contribution >= 4 is 23.9 Å². The van der Waals surface area contributed by atoms with Crippen molar-refractivity contribution in [3.05, 3.63) is 133 Å². The van der Waals surface area contributed by atoms with Crippen molar-refractivity contribution in [2.75, 3.05) is 39.6 Å². The van der Waals surface area contributed by atoms with E-state index in [1.165, 1.54) is 50.7 Å². The topological polar surface area (TPSA) is 142 Å². The maximum absolute atomic E-state index is 13.2. The first-order chi connectivity index (χ1) is 33.3. The van der Waals surface area contributed by atoms with Crippen LogP contribution in [0.15, 0.2) is 122 Å². The zero-order valence-corrected chi connectivity index (χ0v) is 39.4. The molecule has 2 unspecified atom stereocenters. The van der Waals surface area contributed by atoms with E-state index in [0.717, 1.165) is 98.0 Å². The summed E-state index contributed by atoms with van der Waals surface area (Å²) in [6.07, 6.45) is 17.4. The van der Waals surface area contributed by atoms with E-state index in [9.17, 15) is 19.2 Å². The molecule has 0 bridgehead atoms. The number of ether oxygens (including phenoxy) is 8. The summed E-state index contributed by atoms with van der Waals surface area (Å²) in [6.45, 7) is 9.38. The van der Waals surface area contributed by atoms with Crippen molar-refractivity contribution in [1.29, 1.82) is 0 Å². The molecule has 1 aliphatic heterocycles. The summed E-state index contributed by atoms with van der Waals surface area (Å²) < 4.78 is 44.5. The number of hydrogen-bond acceptors (Lipinski definition) is 12.